The van der Waals surface area contributed by atoms with E-state index in [0.29, 0.717) is 6.54 Å². The summed E-state index contributed by atoms with van der Waals surface area (Å²) in [5.41, 5.74) is 0. The number of carboxylic acids is 1. The first-order valence-corrected chi connectivity index (χ1v) is 5.35. The lowest BCUT2D eigenvalue weighted by atomic mass is 10.2. The van der Waals surface area contributed by atoms with Crippen LogP contribution >= 0.6 is 0 Å². The summed E-state index contributed by atoms with van der Waals surface area (Å²) < 4.78 is 0. The van der Waals surface area contributed by atoms with Crippen molar-refractivity contribution in [2.75, 3.05) is 33.7 Å². The quantitative estimate of drug-likeness (QED) is 0.537. The van der Waals surface area contributed by atoms with Gasteiger partial charge in [-0.15, -0.1) is 0 Å². The van der Waals surface area contributed by atoms with E-state index >= 15 is 0 Å². The fourth-order valence-corrected chi connectivity index (χ4v) is 1.17. The highest BCUT2D eigenvalue weighted by atomic mass is 16.4. The van der Waals surface area contributed by atoms with Crippen molar-refractivity contribution in [3.63, 3.8) is 0 Å². The fraction of sp³-hybridized carbons (Fsp3) is 0.800. The Balaban J connectivity index is 3.77. The highest BCUT2D eigenvalue weighted by Crippen LogP contribution is 1.98. The van der Waals surface area contributed by atoms with Crippen LogP contribution in [-0.4, -0.2) is 55.7 Å². The third-order valence-electron chi connectivity index (χ3n) is 2.20. The summed E-state index contributed by atoms with van der Waals surface area (Å²) in [6.45, 7) is 3.22. The van der Waals surface area contributed by atoms with Crippen LogP contribution in [0.4, 0.5) is 4.79 Å². The van der Waals surface area contributed by atoms with Crippen LogP contribution in [0.15, 0.2) is 0 Å². The number of nitrogens with one attached hydrogen (secondary N) is 2. The number of rotatable bonds is 7. The van der Waals surface area contributed by atoms with Crippen LogP contribution in [0.2, 0.25) is 0 Å². The van der Waals surface area contributed by atoms with Crippen molar-refractivity contribution in [2.45, 2.75) is 13.3 Å². The maximum atomic E-state index is 11.5. The molecule has 0 heterocycles. The average Bonchev–Trinajstić information content (AvgIpc) is 2.23. The fourth-order valence-electron chi connectivity index (χ4n) is 1.17. The van der Waals surface area contributed by atoms with Crippen LogP contribution in [0.5, 0.6) is 0 Å². The summed E-state index contributed by atoms with van der Waals surface area (Å²) in [5.74, 6) is -1.44. The average molecular weight is 231 g/mol. The summed E-state index contributed by atoms with van der Waals surface area (Å²) in [6, 6.07) is -0.232. The van der Waals surface area contributed by atoms with Crippen molar-refractivity contribution in [1.29, 1.82) is 0 Å². The van der Waals surface area contributed by atoms with Gasteiger partial charge in [-0.2, -0.15) is 0 Å². The molecule has 0 aromatic heterocycles. The molecule has 0 radical (unpaired) electrons. The molecule has 6 nitrogen and oxygen atoms in total. The number of nitrogens with zero attached hydrogens (tertiary/aromatic N) is 1. The van der Waals surface area contributed by atoms with E-state index in [4.69, 9.17) is 5.11 Å². The molecule has 0 fully saturated rings. The topological polar surface area (TPSA) is 81.7 Å². The van der Waals surface area contributed by atoms with E-state index in [9.17, 15) is 9.59 Å². The number of carboxylic acid groups (broad SMARTS) is 1. The van der Waals surface area contributed by atoms with Crippen LogP contribution in [0, 0.1) is 5.92 Å². The van der Waals surface area contributed by atoms with Gasteiger partial charge in [0.05, 0.1) is 5.92 Å². The van der Waals surface area contributed by atoms with E-state index in [1.54, 1.807) is 14.0 Å². The van der Waals surface area contributed by atoms with Crippen molar-refractivity contribution in [1.82, 2.24) is 15.5 Å². The van der Waals surface area contributed by atoms with Gasteiger partial charge < -0.3 is 20.6 Å². The Bertz CT molecular complexity index is 233. The highest BCUT2D eigenvalue weighted by Gasteiger charge is 2.16. The molecule has 16 heavy (non-hydrogen) atoms. The summed E-state index contributed by atoms with van der Waals surface area (Å²) in [6.07, 6.45) is 0.852. The molecular weight excluding hydrogens is 210 g/mol. The van der Waals surface area contributed by atoms with Gasteiger partial charge in [-0.1, -0.05) is 6.92 Å². The molecule has 94 valence electrons. The predicted molar refractivity (Wildman–Crippen MR) is 61.4 cm³/mol. The van der Waals surface area contributed by atoms with E-state index < -0.39 is 11.9 Å². The van der Waals surface area contributed by atoms with Gasteiger partial charge in [0.1, 0.15) is 0 Å². The van der Waals surface area contributed by atoms with Crippen LogP contribution in [0.3, 0.4) is 0 Å². The molecule has 0 aromatic carbocycles. The third-order valence-corrected chi connectivity index (χ3v) is 2.20. The molecule has 0 aliphatic rings. The smallest absolute Gasteiger partial charge is 0.317 e. The molecule has 0 aliphatic heterocycles. The first-order valence-electron chi connectivity index (χ1n) is 5.35. The maximum Gasteiger partial charge on any atom is 0.317 e. The lowest BCUT2D eigenvalue weighted by molar-refractivity contribution is -0.141. The standard InChI is InChI=1S/C10H21N3O3/c1-8(9(14)15)7-13(3)10(16)12-6-4-5-11-2/h8,11H,4-7H2,1-3H3,(H,12,16)(H,14,15). The molecule has 1 atom stereocenters. The van der Waals surface area contributed by atoms with Crippen molar-refractivity contribution >= 4 is 12.0 Å². The highest BCUT2D eigenvalue weighted by molar-refractivity contribution is 5.75. The molecule has 0 saturated carbocycles. The van der Waals surface area contributed by atoms with Gasteiger partial charge in [0.2, 0.25) is 0 Å². The number of carbonyl (C=O) groups excluding carboxylic acids is 1. The summed E-state index contributed by atoms with van der Waals surface area (Å²) in [4.78, 5) is 23.4. The molecule has 0 rings (SSSR count). The van der Waals surface area contributed by atoms with Crippen molar-refractivity contribution in [3.05, 3.63) is 0 Å². The van der Waals surface area contributed by atoms with Crippen LogP contribution in [0.1, 0.15) is 13.3 Å². The first-order chi connectivity index (χ1) is 7.49. The molecule has 0 aromatic rings. The summed E-state index contributed by atoms with van der Waals surface area (Å²) in [7, 11) is 3.44. The molecule has 0 aliphatic carbocycles. The predicted octanol–water partition coefficient (Wildman–Crippen LogP) is -0.0420. The Labute approximate surface area is 96.0 Å². The summed E-state index contributed by atoms with van der Waals surface area (Å²) >= 11 is 0. The number of aliphatic carboxylic acids is 1. The van der Waals surface area contributed by atoms with Gasteiger partial charge in [0, 0.05) is 20.1 Å². The van der Waals surface area contributed by atoms with Crippen molar-refractivity contribution < 1.29 is 14.7 Å². The zero-order chi connectivity index (χ0) is 12.6. The minimum absolute atomic E-state index is 0.215. The molecule has 2 amide bonds. The number of hydrogen-bond donors (Lipinski definition) is 3. The second-order valence-corrected chi connectivity index (χ2v) is 3.81. The Morgan fingerprint density at radius 1 is 1.38 bits per heavy atom. The molecule has 0 spiro atoms. The SMILES string of the molecule is CNCCCNC(=O)N(C)CC(C)C(=O)O. The Hall–Kier alpha value is -1.30. The minimum Gasteiger partial charge on any atom is -0.481 e. The van der Waals surface area contributed by atoms with E-state index in [2.05, 4.69) is 10.6 Å². The third kappa shape index (κ3) is 6.23. The first kappa shape index (κ1) is 14.7. The Morgan fingerprint density at radius 3 is 2.50 bits per heavy atom. The van der Waals surface area contributed by atoms with Crippen LogP contribution in [-0.2, 0) is 4.79 Å². The van der Waals surface area contributed by atoms with Gasteiger partial charge >= 0.3 is 12.0 Å². The Kier molecular flexibility index (Phi) is 7.28. The molecule has 1 unspecified atom stereocenters. The zero-order valence-electron chi connectivity index (χ0n) is 10.1. The number of carbonyl (C=O) groups is 2. The second kappa shape index (κ2) is 7.92. The lowest BCUT2D eigenvalue weighted by Gasteiger charge is -2.19. The maximum absolute atomic E-state index is 11.5. The van der Waals surface area contributed by atoms with Crippen LogP contribution in [0.25, 0.3) is 0 Å². The van der Waals surface area contributed by atoms with E-state index in [1.807, 2.05) is 7.05 Å². The molecule has 3 N–H and O–H groups in total. The summed E-state index contributed by atoms with van der Waals surface area (Å²) in [5, 5.41) is 14.4. The van der Waals surface area contributed by atoms with Gasteiger partial charge in [-0.3, -0.25) is 4.79 Å². The van der Waals surface area contributed by atoms with Gasteiger partial charge in [0.25, 0.3) is 0 Å². The lowest BCUT2D eigenvalue weighted by Crippen LogP contribution is -2.41. The molecule has 0 bridgehead atoms. The number of amides is 2. The molecular formula is C10H21N3O3. The number of hydrogen-bond acceptors (Lipinski definition) is 3. The van der Waals surface area contributed by atoms with Crippen molar-refractivity contribution in [2.24, 2.45) is 5.92 Å². The Morgan fingerprint density at radius 2 is 2.00 bits per heavy atom. The largest absolute Gasteiger partial charge is 0.481 e. The zero-order valence-corrected chi connectivity index (χ0v) is 10.1. The van der Waals surface area contributed by atoms with Gasteiger partial charge in [-0.05, 0) is 20.0 Å². The van der Waals surface area contributed by atoms with Gasteiger partial charge in [0.15, 0.2) is 0 Å². The monoisotopic (exact) mass is 231 g/mol. The normalized spacial score (nSPS) is 11.9. The number of urea groups is 1. The van der Waals surface area contributed by atoms with E-state index in [-0.39, 0.29) is 12.6 Å². The van der Waals surface area contributed by atoms with Crippen molar-refractivity contribution in [3.8, 4) is 0 Å². The van der Waals surface area contributed by atoms with Gasteiger partial charge in [-0.25, -0.2) is 4.79 Å². The molecule has 0 saturated heterocycles. The van der Waals surface area contributed by atoms with E-state index in [0.717, 1.165) is 13.0 Å². The van der Waals surface area contributed by atoms with Crippen LogP contribution < -0.4 is 10.6 Å². The molecule has 6 heteroatoms. The second-order valence-electron chi connectivity index (χ2n) is 3.81. The van der Waals surface area contributed by atoms with E-state index in [1.165, 1.54) is 4.90 Å². The minimum atomic E-state index is -0.894.